The summed E-state index contributed by atoms with van der Waals surface area (Å²) >= 11 is 6.06. The first-order valence-corrected chi connectivity index (χ1v) is 8.36. The molecule has 0 saturated heterocycles. The Morgan fingerprint density at radius 2 is 1.85 bits per heavy atom. The number of aryl methyl sites for hydroxylation is 1. The summed E-state index contributed by atoms with van der Waals surface area (Å²) in [6.45, 7) is 2.40. The Morgan fingerprint density at radius 1 is 1.08 bits per heavy atom. The molecule has 2 N–H and O–H groups in total. The second kappa shape index (κ2) is 8.01. The Hall–Kier alpha value is -2.86. The van der Waals surface area contributed by atoms with E-state index in [4.69, 9.17) is 16.3 Å². The molecule has 1 heterocycles. The zero-order valence-electron chi connectivity index (χ0n) is 14.4. The molecule has 0 fully saturated rings. The van der Waals surface area contributed by atoms with Crippen molar-refractivity contribution in [2.24, 2.45) is 0 Å². The predicted molar refractivity (Wildman–Crippen MR) is 102 cm³/mol. The number of halogens is 2. The Kier molecular flexibility index (Phi) is 5.53. The number of aromatic nitrogens is 2. The van der Waals surface area contributed by atoms with E-state index in [1.807, 2.05) is 13.0 Å². The van der Waals surface area contributed by atoms with Crippen molar-refractivity contribution in [3.63, 3.8) is 0 Å². The number of anilines is 3. The van der Waals surface area contributed by atoms with Gasteiger partial charge in [0.25, 0.3) is 0 Å². The maximum absolute atomic E-state index is 13.0. The second-order valence-electron chi connectivity index (χ2n) is 5.67. The van der Waals surface area contributed by atoms with Gasteiger partial charge in [0.2, 0.25) is 5.95 Å². The smallest absolute Gasteiger partial charge is 0.229 e. The molecule has 0 bridgehead atoms. The normalized spacial score (nSPS) is 10.5. The van der Waals surface area contributed by atoms with Crippen LogP contribution in [-0.4, -0.2) is 17.1 Å². The third-order valence-electron chi connectivity index (χ3n) is 3.65. The molecule has 2 aromatic carbocycles. The van der Waals surface area contributed by atoms with Crippen molar-refractivity contribution in [2.75, 3.05) is 17.7 Å². The van der Waals surface area contributed by atoms with Crippen molar-refractivity contribution >= 4 is 29.1 Å². The van der Waals surface area contributed by atoms with Gasteiger partial charge in [-0.3, -0.25) is 0 Å². The first-order valence-electron chi connectivity index (χ1n) is 7.98. The molecule has 26 heavy (non-hydrogen) atoms. The highest BCUT2D eigenvalue weighted by molar-refractivity contribution is 6.31. The molecule has 3 rings (SSSR count). The average molecular weight is 373 g/mol. The summed E-state index contributed by atoms with van der Waals surface area (Å²) in [5, 5.41) is 6.93. The molecule has 3 aromatic rings. The van der Waals surface area contributed by atoms with Crippen molar-refractivity contribution in [1.82, 2.24) is 9.97 Å². The average Bonchev–Trinajstić information content (AvgIpc) is 2.61. The molecular formula is C19H18ClFN4O. The zero-order valence-corrected chi connectivity index (χ0v) is 15.1. The van der Waals surface area contributed by atoms with E-state index >= 15 is 0 Å². The summed E-state index contributed by atoms with van der Waals surface area (Å²) < 4.78 is 18.3. The van der Waals surface area contributed by atoms with Crippen LogP contribution in [0.2, 0.25) is 5.02 Å². The number of nitrogens with zero attached hydrogens (tertiary/aromatic N) is 2. The predicted octanol–water partition coefficient (Wildman–Crippen LogP) is 4.94. The molecule has 7 heteroatoms. The van der Waals surface area contributed by atoms with E-state index in [-0.39, 0.29) is 5.82 Å². The van der Waals surface area contributed by atoms with Crippen LogP contribution < -0.4 is 15.4 Å². The van der Waals surface area contributed by atoms with Crippen LogP contribution in [-0.2, 0) is 6.54 Å². The maximum Gasteiger partial charge on any atom is 0.229 e. The monoisotopic (exact) mass is 372 g/mol. The van der Waals surface area contributed by atoms with Crippen LogP contribution in [0.5, 0.6) is 5.75 Å². The van der Waals surface area contributed by atoms with Crippen LogP contribution in [0, 0.1) is 12.7 Å². The highest BCUT2D eigenvalue weighted by atomic mass is 35.5. The lowest BCUT2D eigenvalue weighted by Gasteiger charge is -2.12. The van der Waals surface area contributed by atoms with Gasteiger partial charge in [0.1, 0.15) is 17.4 Å². The Morgan fingerprint density at radius 3 is 2.58 bits per heavy atom. The van der Waals surface area contributed by atoms with Gasteiger partial charge in [-0.2, -0.15) is 4.98 Å². The van der Waals surface area contributed by atoms with E-state index in [1.54, 1.807) is 37.4 Å². The lowest BCUT2D eigenvalue weighted by atomic mass is 10.2. The highest BCUT2D eigenvalue weighted by Gasteiger charge is 2.08. The summed E-state index contributed by atoms with van der Waals surface area (Å²) in [6.07, 6.45) is 0. The first-order chi connectivity index (χ1) is 12.5. The fraction of sp³-hybridized carbons (Fsp3) is 0.158. The molecule has 0 amide bonds. The molecule has 0 saturated carbocycles. The topological polar surface area (TPSA) is 59.1 Å². The van der Waals surface area contributed by atoms with Gasteiger partial charge in [-0.1, -0.05) is 23.7 Å². The second-order valence-corrected chi connectivity index (χ2v) is 6.10. The van der Waals surface area contributed by atoms with Crippen molar-refractivity contribution < 1.29 is 9.13 Å². The molecule has 0 aliphatic carbocycles. The SMILES string of the molecule is COc1ccc(Cl)cc1Nc1nc(C)cc(NCc2ccc(F)cc2)n1. The van der Waals surface area contributed by atoms with E-state index in [2.05, 4.69) is 20.6 Å². The number of methoxy groups -OCH3 is 1. The van der Waals surface area contributed by atoms with Crippen LogP contribution in [0.15, 0.2) is 48.5 Å². The zero-order chi connectivity index (χ0) is 18.5. The summed E-state index contributed by atoms with van der Waals surface area (Å²) in [7, 11) is 1.58. The molecule has 5 nitrogen and oxygen atoms in total. The summed E-state index contributed by atoms with van der Waals surface area (Å²) in [5.41, 5.74) is 2.42. The number of rotatable bonds is 6. The number of hydrogen-bond donors (Lipinski definition) is 2. The summed E-state index contributed by atoms with van der Waals surface area (Å²) in [5.74, 6) is 1.46. The largest absolute Gasteiger partial charge is 0.495 e. The molecular weight excluding hydrogens is 355 g/mol. The van der Waals surface area contributed by atoms with E-state index in [0.717, 1.165) is 11.3 Å². The van der Waals surface area contributed by atoms with Gasteiger partial charge in [-0.15, -0.1) is 0 Å². The molecule has 0 aliphatic heterocycles. The Bertz CT molecular complexity index is 903. The first kappa shape index (κ1) is 17.9. The van der Waals surface area contributed by atoms with Crippen molar-refractivity contribution in [2.45, 2.75) is 13.5 Å². The number of benzene rings is 2. The number of hydrogen-bond acceptors (Lipinski definition) is 5. The quantitative estimate of drug-likeness (QED) is 0.641. The third kappa shape index (κ3) is 4.61. The molecule has 0 radical (unpaired) electrons. The van der Waals surface area contributed by atoms with Gasteiger partial charge in [-0.05, 0) is 42.8 Å². The minimum absolute atomic E-state index is 0.256. The molecule has 0 atom stereocenters. The number of nitrogens with one attached hydrogen (secondary N) is 2. The van der Waals surface area contributed by atoms with Crippen LogP contribution >= 0.6 is 11.6 Å². The van der Waals surface area contributed by atoms with Gasteiger partial charge >= 0.3 is 0 Å². The highest BCUT2D eigenvalue weighted by Crippen LogP contribution is 2.29. The van der Waals surface area contributed by atoms with Gasteiger partial charge in [0.05, 0.1) is 12.8 Å². The van der Waals surface area contributed by atoms with Gasteiger partial charge in [-0.25, -0.2) is 9.37 Å². The van der Waals surface area contributed by atoms with Crippen molar-refractivity contribution in [1.29, 1.82) is 0 Å². The van der Waals surface area contributed by atoms with Crippen LogP contribution in [0.25, 0.3) is 0 Å². The van der Waals surface area contributed by atoms with Crippen LogP contribution in [0.1, 0.15) is 11.3 Å². The fourth-order valence-electron chi connectivity index (χ4n) is 2.41. The van der Waals surface area contributed by atoms with Crippen LogP contribution in [0.4, 0.5) is 21.8 Å². The molecule has 0 spiro atoms. The maximum atomic E-state index is 13.0. The summed E-state index contributed by atoms with van der Waals surface area (Å²) in [4.78, 5) is 8.85. The third-order valence-corrected chi connectivity index (χ3v) is 3.88. The molecule has 134 valence electrons. The van der Waals surface area contributed by atoms with Gasteiger partial charge < -0.3 is 15.4 Å². The van der Waals surface area contributed by atoms with E-state index in [0.29, 0.717) is 34.8 Å². The lowest BCUT2D eigenvalue weighted by Crippen LogP contribution is -2.06. The fourth-order valence-corrected chi connectivity index (χ4v) is 2.58. The standard InChI is InChI=1S/C19H18ClFN4O/c1-12-9-18(22-11-13-3-6-15(21)7-4-13)25-19(23-12)24-16-10-14(20)5-8-17(16)26-2/h3-10H,11H2,1-2H3,(H2,22,23,24,25). The minimum Gasteiger partial charge on any atom is -0.495 e. The van der Waals surface area contributed by atoms with E-state index in [9.17, 15) is 4.39 Å². The lowest BCUT2D eigenvalue weighted by molar-refractivity contribution is 0.417. The molecule has 1 aromatic heterocycles. The van der Waals surface area contributed by atoms with Crippen molar-refractivity contribution in [3.8, 4) is 5.75 Å². The Labute approximate surface area is 156 Å². The van der Waals surface area contributed by atoms with Gasteiger partial charge in [0.15, 0.2) is 0 Å². The Balaban J connectivity index is 1.77. The van der Waals surface area contributed by atoms with Crippen LogP contribution in [0.3, 0.4) is 0 Å². The summed E-state index contributed by atoms with van der Waals surface area (Å²) in [6, 6.07) is 13.4. The number of ether oxygens (including phenoxy) is 1. The van der Waals surface area contributed by atoms with E-state index < -0.39 is 0 Å². The van der Waals surface area contributed by atoms with Gasteiger partial charge in [0, 0.05) is 23.3 Å². The van der Waals surface area contributed by atoms with Crippen molar-refractivity contribution in [3.05, 3.63) is 70.6 Å². The van der Waals surface area contributed by atoms with E-state index in [1.165, 1.54) is 12.1 Å². The molecule has 0 aliphatic rings. The minimum atomic E-state index is -0.256. The molecule has 0 unspecified atom stereocenters.